The van der Waals surface area contributed by atoms with Crippen LogP contribution < -0.4 is 4.57 Å². The number of hydrogen-bond acceptors (Lipinski definition) is 2. The van der Waals surface area contributed by atoms with Crippen LogP contribution in [0.3, 0.4) is 0 Å². The van der Waals surface area contributed by atoms with Crippen LogP contribution in [0.4, 0.5) is 0 Å². The second-order valence-electron chi connectivity index (χ2n) is 8.83. The first-order valence-electron chi connectivity index (χ1n) is 11.2. The molecule has 0 fully saturated rings. The van der Waals surface area contributed by atoms with E-state index in [2.05, 4.69) is 62.5 Å². The van der Waals surface area contributed by atoms with E-state index in [-0.39, 0.29) is 11.1 Å². The second-order valence-corrected chi connectivity index (χ2v) is 8.83. The molecule has 0 N–H and O–H groups in total. The van der Waals surface area contributed by atoms with Gasteiger partial charge in [0.2, 0.25) is 11.4 Å². The number of benzene rings is 1. The number of nitrogens with zero attached hydrogens (tertiary/aromatic N) is 2. The number of aryl methyl sites for hydroxylation is 3. The highest BCUT2D eigenvalue weighted by atomic mass is 16.3. The van der Waals surface area contributed by atoms with E-state index in [1.165, 1.54) is 5.56 Å². The van der Waals surface area contributed by atoms with Crippen LogP contribution in [0.25, 0.3) is 33.3 Å². The number of fused-ring (bicyclic) bond motifs is 3. The molecule has 4 rings (SSSR count). The third kappa shape index (κ3) is 2.99. The van der Waals surface area contributed by atoms with Crippen molar-refractivity contribution in [3.8, 4) is 11.3 Å². The molecular formula is C25H29N2O+. The van der Waals surface area contributed by atoms with Crippen molar-refractivity contribution in [2.45, 2.75) is 47.4 Å². The van der Waals surface area contributed by atoms with Crippen LogP contribution in [-0.2, 0) is 7.05 Å². The summed E-state index contributed by atoms with van der Waals surface area (Å²) in [6.07, 6.45) is 2.11. The number of hydrogen-bond donors (Lipinski definition) is 0. The zero-order chi connectivity index (χ0) is 22.7. The predicted molar refractivity (Wildman–Crippen MR) is 115 cm³/mol. The average Bonchev–Trinajstić information content (AvgIpc) is 3.05. The van der Waals surface area contributed by atoms with Gasteiger partial charge in [-0.05, 0) is 54.4 Å². The zero-order valence-electron chi connectivity index (χ0n) is 20.4. The highest BCUT2D eigenvalue weighted by Gasteiger charge is 2.26. The molecule has 3 aromatic heterocycles. The molecule has 0 aliphatic carbocycles. The molecule has 0 spiro atoms. The van der Waals surface area contributed by atoms with Crippen LogP contribution in [0.1, 0.15) is 54.5 Å². The van der Waals surface area contributed by atoms with Gasteiger partial charge in [-0.3, -0.25) is 0 Å². The van der Waals surface area contributed by atoms with Crippen molar-refractivity contribution in [3.05, 3.63) is 59.4 Å². The number of pyridine rings is 2. The van der Waals surface area contributed by atoms with Crippen LogP contribution in [0, 0.1) is 19.2 Å². The van der Waals surface area contributed by atoms with E-state index in [0.717, 1.165) is 27.6 Å². The lowest BCUT2D eigenvalue weighted by molar-refractivity contribution is -0.660. The van der Waals surface area contributed by atoms with Crippen molar-refractivity contribution in [2.24, 2.45) is 12.5 Å². The minimum Gasteiger partial charge on any atom is -0.438 e. The molecule has 4 aromatic rings. The summed E-state index contributed by atoms with van der Waals surface area (Å²) >= 11 is 0. The molecule has 1 atom stereocenters. The summed E-state index contributed by atoms with van der Waals surface area (Å²) in [6, 6.07) is 11.8. The van der Waals surface area contributed by atoms with Gasteiger partial charge in [0.15, 0.2) is 6.20 Å². The maximum Gasteiger partial charge on any atom is 0.227 e. The molecule has 1 aromatic carbocycles. The Morgan fingerprint density at radius 2 is 1.93 bits per heavy atom. The van der Waals surface area contributed by atoms with Gasteiger partial charge in [-0.2, -0.15) is 0 Å². The largest absolute Gasteiger partial charge is 0.438 e. The third-order valence-electron chi connectivity index (χ3n) is 5.94. The van der Waals surface area contributed by atoms with Crippen molar-refractivity contribution in [2.75, 3.05) is 0 Å². The summed E-state index contributed by atoms with van der Waals surface area (Å²) < 4.78 is 31.1. The molecule has 0 saturated carbocycles. The Bertz CT molecular complexity index is 1300. The summed E-state index contributed by atoms with van der Waals surface area (Å²) in [5, 5.41) is 1.80. The molecular weight excluding hydrogens is 344 g/mol. The Labute approximate surface area is 171 Å². The molecule has 3 heteroatoms. The Kier molecular flexibility index (Phi) is 3.51. The monoisotopic (exact) mass is 376 g/mol. The third-order valence-corrected chi connectivity index (χ3v) is 5.94. The predicted octanol–water partition coefficient (Wildman–Crippen LogP) is 6.24. The summed E-state index contributed by atoms with van der Waals surface area (Å²) in [5.74, 6) is 0.386. The van der Waals surface area contributed by atoms with Gasteiger partial charge in [0.05, 0.1) is 5.56 Å². The Morgan fingerprint density at radius 1 is 1.14 bits per heavy atom. The molecule has 0 aliphatic rings. The fourth-order valence-corrected chi connectivity index (χ4v) is 3.79. The van der Waals surface area contributed by atoms with Crippen LogP contribution in [-0.4, -0.2) is 4.98 Å². The van der Waals surface area contributed by atoms with E-state index >= 15 is 0 Å². The van der Waals surface area contributed by atoms with Crippen LogP contribution in [0.2, 0.25) is 0 Å². The Balaban J connectivity index is 2.01. The van der Waals surface area contributed by atoms with Gasteiger partial charge in [0.25, 0.3) is 0 Å². The van der Waals surface area contributed by atoms with Gasteiger partial charge in [0.1, 0.15) is 12.6 Å². The highest BCUT2D eigenvalue weighted by Crippen LogP contribution is 2.39. The Hall–Kier alpha value is -2.68. The van der Waals surface area contributed by atoms with Gasteiger partial charge in [0, 0.05) is 32.7 Å². The smallest absolute Gasteiger partial charge is 0.227 e. The highest BCUT2D eigenvalue weighted by molar-refractivity contribution is 6.11. The maximum atomic E-state index is 7.66. The Morgan fingerprint density at radius 3 is 2.64 bits per heavy atom. The molecule has 0 bridgehead atoms. The average molecular weight is 377 g/mol. The summed E-state index contributed by atoms with van der Waals surface area (Å²) in [4.78, 5) is 4.31. The normalized spacial score (nSPS) is 15.4. The maximum absolute atomic E-state index is 7.66. The van der Waals surface area contributed by atoms with Crippen molar-refractivity contribution < 1.29 is 13.1 Å². The number of furan rings is 1. The topological polar surface area (TPSA) is 29.9 Å². The van der Waals surface area contributed by atoms with Crippen LogP contribution >= 0.6 is 0 Å². The first-order valence-corrected chi connectivity index (χ1v) is 9.71. The lowest BCUT2D eigenvalue weighted by Crippen LogP contribution is -2.31. The molecule has 1 unspecified atom stereocenters. The fraction of sp³-hybridized carbons (Fsp3) is 0.360. The van der Waals surface area contributed by atoms with E-state index < -0.39 is 6.85 Å². The second kappa shape index (κ2) is 6.44. The standard InChI is InChI=1S/C25H29N2O/c1-15-8-11-21-23(19-10-9-16(2)26-24(19)28-21)22(15)20-14-18(12-13-27(20)7)17(3)25(4,5)6/h8-14,17H,1-7H3/q+1/i2D3. The molecule has 3 heterocycles. The van der Waals surface area contributed by atoms with Gasteiger partial charge in [-0.1, -0.05) is 33.8 Å². The number of aromatic nitrogens is 2. The van der Waals surface area contributed by atoms with E-state index in [4.69, 9.17) is 8.53 Å². The van der Waals surface area contributed by atoms with Crippen LogP contribution in [0.15, 0.2) is 47.0 Å². The SMILES string of the molecule is [2H]C([2H])([2H])c1ccc2c(n1)oc1ccc(C)c(-c3cc(C(C)C(C)(C)C)cc[n+]3C)c12. The molecule has 0 radical (unpaired) electrons. The minimum absolute atomic E-state index is 0.0453. The van der Waals surface area contributed by atoms with Crippen molar-refractivity contribution in [1.82, 2.24) is 4.98 Å². The molecule has 3 nitrogen and oxygen atoms in total. The summed E-state index contributed by atoms with van der Waals surface area (Å²) in [6.45, 7) is 8.86. The van der Waals surface area contributed by atoms with Crippen molar-refractivity contribution >= 4 is 22.1 Å². The fourth-order valence-electron chi connectivity index (χ4n) is 3.79. The van der Waals surface area contributed by atoms with E-state index in [9.17, 15) is 0 Å². The van der Waals surface area contributed by atoms with Gasteiger partial charge < -0.3 is 4.42 Å². The molecule has 0 saturated heterocycles. The molecule has 144 valence electrons. The molecule has 28 heavy (non-hydrogen) atoms. The molecule has 0 amide bonds. The zero-order valence-corrected chi connectivity index (χ0v) is 17.4. The van der Waals surface area contributed by atoms with Gasteiger partial charge in [-0.15, -0.1) is 0 Å². The lowest BCUT2D eigenvalue weighted by atomic mass is 9.77. The molecule has 0 aliphatic heterocycles. The summed E-state index contributed by atoms with van der Waals surface area (Å²) in [7, 11) is 2.05. The quantitative estimate of drug-likeness (QED) is 0.388. The van der Waals surface area contributed by atoms with E-state index in [1.54, 1.807) is 6.07 Å². The van der Waals surface area contributed by atoms with Crippen molar-refractivity contribution in [3.63, 3.8) is 0 Å². The van der Waals surface area contributed by atoms with Gasteiger partial charge in [-0.25, -0.2) is 9.55 Å². The summed E-state index contributed by atoms with van der Waals surface area (Å²) in [5.41, 5.74) is 5.86. The van der Waals surface area contributed by atoms with Crippen molar-refractivity contribution in [1.29, 1.82) is 0 Å². The minimum atomic E-state index is -2.27. The number of rotatable bonds is 2. The first-order chi connectivity index (χ1) is 14.4. The van der Waals surface area contributed by atoms with E-state index in [1.807, 2.05) is 25.2 Å². The first kappa shape index (κ1) is 15.3. The van der Waals surface area contributed by atoms with E-state index in [0.29, 0.717) is 17.2 Å². The van der Waals surface area contributed by atoms with Crippen LogP contribution in [0.5, 0.6) is 0 Å². The van der Waals surface area contributed by atoms with Gasteiger partial charge >= 0.3 is 0 Å². The lowest BCUT2D eigenvalue weighted by Gasteiger charge is -2.27.